The topological polar surface area (TPSA) is 81.8 Å². The van der Waals surface area contributed by atoms with Crippen LogP contribution in [0.15, 0.2) is 53.3 Å². The molecule has 0 radical (unpaired) electrons. The van der Waals surface area contributed by atoms with Gasteiger partial charge in [0.05, 0.1) is 34.6 Å². The Kier molecular flexibility index (Phi) is 5.11. The van der Waals surface area contributed by atoms with Gasteiger partial charge in [-0.25, -0.2) is 9.67 Å². The van der Waals surface area contributed by atoms with Crippen molar-refractivity contribution in [1.82, 2.24) is 24.6 Å². The zero-order valence-electron chi connectivity index (χ0n) is 17.6. The number of amides is 1. The van der Waals surface area contributed by atoms with Crippen molar-refractivity contribution in [3.8, 4) is 0 Å². The van der Waals surface area contributed by atoms with Gasteiger partial charge in [-0.3, -0.25) is 9.59 Å². The average molecular weight is 403 g/mol. The molecular formula is C23H25N5O2. The van der Waals surface area contributed by atoms with Crippen LogP contribution in [0, 0.1) is 5.92 Å². The minimum Gasteiger partial charge on any atom is -0.346 e. The van der Waals surface area contributed by atoms with E-state index in [9.17, 15) is 9.59 Å². The fourth-order valence-corrected chi connectivity index (χ4v) is 3.85. The third-order valence-corrected chi connectivity index (χ3v) is 5.44. The molecule has 4 aromatic rings. The van der Waals surface area contributed by atoms with Gasteiger partial charge in [-0.05, 0) is 24.1 Å². The zero-order chi connectivity index (χ0) is 21.4. The fourth-order valence-electron chi connectivity index (χ4n) is 3.85. The molecule has 0 aliphatic rings. The van der Waals surface area contributed by atoms with Crippen molar-refractivity contribution in [3.05, 3.63) is 70.4 Å². The first-order valence-corrected chi connectivity index (χ1v) is 10.0. The molecule has 2 heterocycles. The van der Waals surface area contributed by atoms with Gasteiger partial charge >= 0.3 is 0 Å². The maximum absolute atomic E-state index is 13.0. The highest BCUT2D eigenvalue weighted by Crippen LogP contribution is 2.25. The molecule has 1 N–H and O–H groups in total. The second-order valence-electron chi connectivity index (χ2n) is 7.90. The SMILES string of the molecule is CC(C)C(NC(=O)Cc1nn(C)c(=O)c2ccccc12)c1nc2ccccc2n1C. The van der Waals surface area contributed by atoms with Crippen LogP contribution in [-0.4, -0.2) is 25.2 Å². The van der Waals surface area contributed by atoms with Crippen LogP contribution >= 0.6 is 0 Å². The largest absolute Gasteiger partial charge is 0.346 e. The number of carbonyl (C=O) groups excluding carboxylic acids is 1. The molecule has 154 valence electrons. The molecule has 0 aliphatic heterocycles. The lowest BCUT2D eigenvalue weighted by atomic mass is 10.0. The monoisotopic (exact) mass is 403 g/mol. The Morgan fingerprint density at radius 2 is 1.70 bits per heavy atom. The second-order valence-corrected chi connectivity index (χ2v) is 7.90. The highest BCUT2D eigenvalue weighted by atomic mass is 16.2. The first-order chi connectivity index (χ1) is 14.4. The summed E-state index contributed by atoms with van der Waals surface area (Å²) in [6.07, 6.45) is 0.0851. The van der Waals surface area contributed by atoms with Gasteiger partial charge in [0.25, 0.3) is 5.56 Å². The lowest BCUT2D eigenvalue weighted by Crippen LogP contribution is -2.35. The number of aryl methyl sites for hydroxylation is 2. The highest BCUT2D eigenvalue weighted by molar-refractivity contribution is 5.88. The van der Waals surface area contributed by atoms with E-state index in [0.717, 1.165) is 16.9 Å². The minimum absolute atomic E-state index is 0.0851. The first-order valence-electron chi connectivity index (χ1n) is 10.0. The van der Waals surface area contributed by atoms with Crippen molar-refractivity contribution < 1.29 is 4.79 Å². The zero-order valence-corrected chi connectivity index (χ0v) is 17.6. The first kappa shape index (κ1) is 19.8. The minimum atomic E-state index is -0.242. The van der Waals surface area contributed by atoms with Gasteiger partial charge in [0.15, 0.2) is 0 Å². The summed E-state index contributed by atoms with van der Waals surface area (Å²) in [5.74, 6) is 0.809. The lowest BCUT2D eigenvalue weighted by molar-refractivity contribution is -0.121. The number of rotatable bonds is 5. The molecule has 1 unspecified atom stereocenters. The van der Waals surface area contributed by atoms with E-state index in [2.05, 4.69) is 24.3 Å². The van der Waals surface area contributed by atoms with E-state index in [0.29, 0.717) is 16.5 Å². The number of carbonyl (C=O) groups is 1. The number of imidazole rings is 1. The number of hydrogen-bond donors (Lipinski definition) is 1. The number of aromatic nitrogens is 4. The molecule has 0 saturated heterocycles. The number of hydrogen-bond acceptors (Lipinski definition) is 4. The summed E-state index contributed by atoms with van der Waals surface area (Å²) in [6.45, 7) is 4.12. The van der Waals surface area contributed by atoms with Crippen LogP contribution in [0.25, 0.3) is 21.8 Å². The van der Waals surface area contributed by atoms with Crippen molar-refractivity contribution in [2.24, 2.45) is 20.0 Å². The number of para-hydroxylation sites is 2. The van der Waals surface area contributed by atoms with Crippen molar-refractivity contribution >= 4 is 27.7 Å². The third-order valence-electron chi connectivity index (χ3n) is 5.44. The lowest BCUT2D eigenvalue weighted by Gasteiger charge is -2.22. The van der Waals surface area contributed by atoms with Crippen molar-refractivity contribution in [2.75, 3.05) is 0 Å². The Morgan fingerprint density at radius 1 is 1.03 bits per heavy atom. The smallest absolute Gasteiger partial charge is 0.274 e. The summed E-state index contributed by atoms with van der Waals surface area (Å²) in [5, 5.41) is 8.74. The quantitative estimate of drug-likeness (QED) is 0.556. The van der Waals surface area contributed by atoms with Crippen molar-refractivity contribution in [3.63, 3.8) is 0 Å². The molecule has 0 saturated carbocycles. The van der Waals surface area contributed by atoms with E-state index in [1.54, 1.807) is 13.1 Å². The van der Waals surface area contributed by atoms with Gasteiger partial charge in [0.2, 0.25) is 5.91 Å². The van der Waals surface area contributed by atoms with Crippen LogP contribution in [0.2, 0.25) is 0 Å². The number of nitrogens with one attached hydrogen (secondary N) is 1. The molecule has 4 rings (SSSR count). The van der Waals surface area contributed by atoms with Crippen LogP contribution in [0.5, 0.6) is 0 Å². The molecular weight excluding hydrogens is 378 g/mol. The van der Waals surface area contributed by atoms with E-state index in [4.69, 9.17) is 4.98 Å². The van der Waals surface area contributed by atoms with E-state index in [-0.39, 0.29) is 29.8 Å². The van der Waals surface area contributed by atoms with Crippen LogP contribution in [0.3, 0.4) is 0 Å². The van der Waals surface area contributed by atoms with Crippen LogP contribution in [0.4, 0.5) is 0 Å². The summed E-state index contributed by atoms with van der Waals surface area (Å²) in [6, 6.07) is 14.9. The van der Waals surface area contributed by atoms with Gasteiger partial charge in [-0.2, -0.15) is 5.10 Å². The maximum Gasteiger partial charge on any atom is 0.274 e. The molecule has 1 amide bonds. The second kappa shape index (κ2) is 7.74. The summed E-state index contributed by atoms with van der Waals surface area (Å²) in [7, 11) is 3.57. The van der Waals surface area contributed by atoms with E-state index in [1.807, 2.05) is 54.1 Å². The molecule has 30 heavy (non-hydrogen) atoms. The third kappa shape index (κ3) is 3.47. The van der Waals surface area contributed by atoms with Crippen LogP contribution in [0.1, 0.15) is 31.4 Å². The molecule has 0 spiro atoms. The van der Waals surface area contributed by atoms with Crippen molar-refractivity contribution in [1.29, 1.82) is 0 Å². The molecule has 0 bridgehead atoms. The van der Waals surface area contributed by atoms with E-state index in [1.165, 1.54) is 4.68 Å². The molecule has 2 aromatic heterocycles. The van der Waals surface area contributed by atoms with Crippen molar-refractivity contribution in [2.45, 2.75) is 26.3 Å². The molecule has 2 aromatic carbocycles. The predicted octanol–water partition coefficient (Wildman–Crippen LogP) is 2.88. The Bertz CT molecular complexity index is 1300. The molecule has 1 atom stereocenters. The normalized spacial score (nSPS) is 12.6. The van der Waals surface area contributed by atoms with E-state index < -0.39 is 0 Å². The van der Waals surface area contributed by atoms with Gasteiger partial charge in [-0.15, -0.1) is 0 Å². The highest BCUT2D eigenvalue weighted by Gasteiger charge is 2.24. The Hall–Kier alpha value is -3.48. The van der Waals surface area contributed by atoms with Crippen LogP contribution in [-0.2, 0) is 25.3 Å². The van der Waals surface area contributed by atoms with E-state index >= 15 is 0 Å². The average Bonchev–Trinajstić information content (AvgIpc) is 3.06. The van der Waals surface area contributed by atoms with Gasteiger partial charge in [0.1, 0.15) is 5.82 Å². The molecule has 7 nitrogen and oxygen atoms in total. The number of benzene rings is 2. The molecule has 0 aliphatic carbocycles. The summed E-state index contributed by atoms with van der Waals surface area (Å²) in [5.41, 5.74) is 2.34. The Labute approximate surface area is 174 Å². The number of nitrogens with zero attached hydrogens (tertiary/aromatic N) is 4. The predicted molar refractivity (Wildman–Crippen MR) is 117 cm³/mol. The standard InChI is InChI=1S/C23H25N5O2/c1-14(2)21(22-24-17-11-7-8-12-19(17)27(22)3)25-20(29)13-18-15-9-5-6-10-16(15)23(30)28(4)26-18/h5-12,14,21H,13H2,1-4H3,(H,25,29). The summed E-state index contributed by atoms with van der Waals surface area (Å²) in [4.78, 5) is 30.1. The van der Waals surface area contributed by atoms with Crippen LogP contribution < -0.4 is 10.9 Å². The molecule has 7 heteroatoms. The number of fused-ring (bicyclic) bond motifs is 2. The van der Waals surface area contributed by atoms with Gasteiger partial charge in [0, 0.05) is 19.5 Å². The Balaban J connectivity index is 1.65. The van der Waals surface area contributed by atoms with Gasteiger partial charge < -0.3 is 9.88 Å². The fraction of sp³-hybridized carbons (Fsp3) is 0.304. The Morgan fingerprint density at radius 3 is 2.40 bits per heavy atom. The molecule has 0 fully saturated rings. The summed E-state index contributed by atoms with van der Waals surface area (Å²) >= 11 is 0. The maximum atomic E-state index is 13.0. The summed E-state index contributed by atoms with van der Waals surface area (Å²) < 4.78 is 3.32. The van der Waals surface area contributed by atoms with Gasteiger partial charge in [-0.1, -0.05) is 44.2 Å².